The number of hydrogen-bond donors (Lipinski definition) is 3. The number of unbranched alkanes of at least 4 members (excludes halogenated alkanes) is 1. The number of nitrogens with one attached hydrogen (secondary N) is 2. The zero-order valence-electron chi connectivity index (χ0n) is 23.2. The summed E-state index contributed by atoms with van der Waals surface area (Å²) in [6.45, 7) is 4.13. The number of aryl methyl sites for hydroxylation is 1. The van der Waals surface area contributed by atoms with Gasteiger partial charge in [-0.05, 0) is 104 Å². The topological polar surface area (TPSA) is 80.9 Å². The van der Waals surface area contributed by atoms with E-state index in [1.807, 2.05) is 61.2 Å². The van der Waals surface area contributed by atoms with Crippen molar-refractivity contribution in [2.75, 3.05) is 26.2 Å². The van der Waals surface area contributed by atoms with Gasteiger partial charge in [0.15, 0.2) is 0 Å². The highest BCUT2D eigenvalue weighted by atomic mass is 35.5. The first-order valence-corrected chi connectivity index (χ1v) is 14.6. The van der Waals surface area contributed by atoms with Crippen molar-refractivity contribution in [1.82, 2.24) is 19.9 Å². The van der Waals surface area contributed by atoms with Gasteiger partial charge < -0.3 is 25.3 Å². The highest BCUT2D eigenvalue weighted by Gasteiger charge is 2.24. The Labute approximate surface area is 245 Å². The molecule has 5 aromatic rings. The van der Waals surface area contributed by atoms with E-state index >= 15 is 0 Å². The number of nitrogens with zero attached hydrogens (tertiary/aromatic N) is 2. The number of H-pyrrole nitrogens is 1. The van der Waals surface area contributed by atoms with Crippen LogP contribution in [-0.2, 0) is 13.0 Å². The number of imidazole rings is 1. The zero-order valence-corrected chi connectivity index (χ0v) is 23.9. The van der Waals surface area contributed by atoms with E-state index in [0.29, 0.717) is 24.6 Å². The average Bonchev–Trinajstić information content (AvgIpc) is 3.63. The fourth-order valence-corrected chi connectivity index (χ4v) is 5.48. The molecule has 0 aliphatic carbocycles. The minimum Gasteiger partial charge on any atom is -0.494 e. The molecule has 3 aromatic carbocycles. The lowest BCUT2D eigenvalue weighted by Crippen LogP contribution is -2.18. The normalized spacial score (nSPS) is 12.2. The molecule has 6 nitrogen and oxygen atoms in total. The van der Waals surface area contributed by atoms with Crippen LogP contribution in [0.2, 0.25) is 5.02 Å². The molecule has 5 rings (SSSR count). The molecule has 0 bridgehead atoms. The lowest BCUT2D eigenvalue weighted by molar-refractivity contribution is 0.305. The molecule has 0 spiro atoms. The third kappa shape index (κ3) is 7.55. The Hall–Kier alpha value is -3.65. The van der Waals surface area contributed by atoms with Crippen LogP contribution in [0.15, 0.2) is 85.5 Å². The maximum Gasteiger partial charge on any atom is 0.123 e. The molecule has 2 heterocycles. The Bertz CT molecular complexity index is 1500. The van der Waals surface area contributed by atoms with Crippen LogP contribution in [0.4, 0.5) is 4.39 Å². The van der Waals surface area contributed by atoms with Crippen LogP contribution in [0.25, 0.3) is 10.9 Å². The number of halogens is 2. The van der Waals surface area contributed by atoms with E-state index in [9.17, 15) is 4.39 Å². The van der Waals surface area contributed by atoms with Gasteiger partial charge in [0.1, 0.15) is 11.6 Å². The fourth-order valence-electron chi connectivity index (χ4n) is 5.31. The Morgan fingerprint density at radius 2 is 1.73 bits per heavy atom. The number of rotatable bonds is 15. The van der Waals surface area contributed by atoms with Crippen molar-refractivity contribution in [3.05, 3.63) is 119 Å². The molecule has 0 saturated heterocycles. The molecule has 0 aliphatic rings. The van der Waals surface area contributed by atoms with Gasteiger partial charge in [0.2, 0.25) is 0 Å². The van der Waals surface area contributed by atoms with Crippen molar-refractivity contribution in [2.24, 2.45) is 5.73 Å². The zero-order chi connectivity index (χ0) is 28.4. The summed E-state index contributed by atoms with van der Waals surface area (Å²) < 4.78 is 22.0. The lowest BCUT2D eigenvalue weighted by Gasteiger charge is -2.20. The molecule has 1 unspecified atom stereocenters. The predicted octanol–water partition coefficient (Wildman–Crippen LogP) is 6.68. The summed E-state index contributed by atoms with van der Waals surface area (Å²) >= 11 is 6.35. The Morgan fingerprint density at radius 3 is 2.46 bits per heavy atom. The molecular formula is C33H37ClFN5O. The molecule has 2 aromatic heterocycles. The molecule has 0 fully saturated rings. The smallest absolute Gasteiger partial charge is 0.123 e. The SMILES string of the molecule is NCCc1c(C(c2ccc(F)cc2)c2ccc(OCCCCNCCCn3ccnc3)cc2)[nH]c2ccc(Cl)cc12. The van der Waals surface area contributed by atoms with Crippen LogP contribution >= 0.6 is 11.6 Å². The highest BCUT2D eigenvalue weighted by molar-refractivity contribution is 6.31. The van der Waals surface area contributed by atoms with Gasteiger partial charge in [0.05, 0.1) is 12.9 Å². The summed E-state index contributed by atoms with van der Waals surface area (Å²) in [4.78, 5) is 7.69. The summed E-state index contributed by atoms with van der Waals surface area (Å²) in [5, 5.41) is 5.25. The third-order valence-electron chi connectivity index (χ3n) is 7.35. The van der Waals surface area contributed by atoms with E-state index in [0.717, 1.165) is 77.9 Å². The van der Waals surface area contributed by atoms with Gasteiger partial charge in [-0.3, -0.25) is 0 Å². The summed E-state index contributed by atoms with van der Waals surface area (Å²) in [5.41, 5.74) is 11.3. The monoisotopic (exact) mass is 573 g/mol. The van der Waals surface area contributed by atoms with E-state index < -0.39 is 0 Å². The van der Waals surface area contributed by atoms with Gasteiger partial charge in [0, 0.05) is 46.5 Å². The molecule has 0 radical (unpaired) electrons. The van der Waals surface area contributed by atoms with Crippen LogP contribution in [0.5, 0.6) is 5.75 Å². The van der Waals surface area contributed by atoms with Crippen molar-refractivity contribution in [2.45, 2.75) is 38.1 Å². The Balaban J connectivity index is 1.23. The standard InChI is InChI=1S/C33H37ClFN5O/c34-26-8-13-31-30(22-26)29(14-15-36)33(39-31)32(24-4-9-27(35)10-5-24)25-6-11-28(12-7-25)41-21-2-1-16-37-17-3-19-40-20-18-38-23-40/h4-13,18,20,22-23,32,37,39H,1-3,14-17,19,21,36H2. The molecule has 0 amide bonds. The molecule has 0 aliphatic heterocycles. The summed E-state index contributed by atoms with van der Waals surface area (Å²) in [7, 11) is 0. The van der Waals surface area contributed by atoms with Crippen molar-refractivity contribution in [3.63, 3.8) is 0 Å². The molecule has 41 heavy (non-hydrogen) atoms. The van der Waals surface area contributed by atoms with Gasteiger partial charge in [-0.25, -0.2) is 9.37 Å². The van der Waals surface area contributed by atoms with Crippen molar-refractivity contribution < 1.29 is 9.13 Å². The summed E-state index contributed by atoms with van der Waals surface area (Å²) in [6.07, 6.45) is 9.48. The number of nitrogens with two attached hydrogens (primary N) is 1. The molecule has 1 atom stereocenters. The first kappa shape index (κ1) is 28.9. The van der Waals surface area contributed by atoms with Gasteiger partial charge in [0.25, 0.3) is 0 Å². The number of fused-ring (bicyclic) bond motifs is 1. The maximum atomic E-state index is 13.9. The van der Waals surface area contributed by atoms with Crippen LogP contribution in [0.1, 0.15) is 47.6 Å². The molecule has 0 saturated carbocycles. The molecule has 214 valence electrons. The number of ether oxygens (including phenoxy) is 1. The van der Waals surface area contributed by atoms with E-state index in [4.69, 9.17) is 22.1 Å². The Kier molecular flexibility index (Phi) is 10.1. The van der Waals surface area contributed by atoms with Crippen molar-refractivity contribution >= 4 is 22.5 Å². The van der Waals surface area contributed by atoms with E-state index in [2.05, 4.69) is 32.0 Å². The van der Waals surface area contributed by atoms with E-state index in [1.165, 1.54) is 12.1 Å². The van der Waals surface area contributed by atoms with Crippen molar-refractivity contribution in [1.29, 1.82) is 0 Å². The molecule has 8 heteroatoms. The first-order valence-electron chi connectivity index (χ1n) is 14.3. The van der Waals surface area contributed by atoms with Crippen LogP contribution in [-0.4, -0.2) is 40.8 Å². The van der Waals surface area contributed by atoms with Gasteiger partial charge in [-0.2, -0.15) is 0 Å². The maximum absolute atomic E-state index is 13.9. The average molecular weight is 574 g/mol. The minimum absolute atomic E-state index is 0.128. The van der Waals surface area contributed by atoms with Gasteiger partial charge >= 0.3 is 0 Å². The predicted molar refractivity (Wildman–Crippen MR) is 164 cm³/mol. The highest BCUT2D eigenvalue weighted by Crippen LogP contribution is 2.38. The third-order valence-corrected chi connectivity index (χ3v) is 7.58. The van der Waals surface area contributed by atoms with Crippen LogP contribution in [0, 0.1) is 5.82 Å². The van der Waals surface area contributed by atoms with Gasteiger partial charge in [-0.15, -0.1) is 0 Å². The molecular weight excluding hydrogens is 537 g/mol. The van der Waals surface area contributed by atoms with Crippen molar-refractivity contribution in [3.8, 4) is 5.75 Å². The fraction of sp³-hybridized carbons (Fsp3) is 0.303. The Morgan fingerprint density at radius 1 is 0.976 bits per heavy atom. The largest absolute Gasteiger partial charge is 0.494 e. The van der Waals surface area contributed by atoms with E-state index in [-0.39, 0.29) is 11.7 Å². The second-order valence-corrected chi connectivity index (χ2v) is 10.7. The minimum atomic E-state index is -0.258. The summed E-state index contributed by atoms with van der Waals surface area (Å²) in [5.74, 6) is 0.453. The number of aromatic nitrogens is 3. The molecule has 4 N–H and O–H groups in total. The summed E-state index contributed by atoms with van der Waals surface area (Å²) in [6, 6.07) is 20.8. The number of hydrogen-bond acceptors (Lipinski definition) is 4. The quantitative estimate of drug-likeness (QED) is 0.122. The number of aromatic amines is 1. The second-order valence-electron chi connectivity index (χ2n) is 10.3. The van der Waals surface area contributed by atoms with E-state index in [1.54, 1.807) is 0 Å². The van der Waals surface area contributed by atoms with Crippen LogP contribution < -0.4 is 15.8 Å². The first-order chi connectivity index (χ1) is 20.1. The lowest BCUT2D eigenvalue weighted by atomic mass is 9.86. The van der Waals surface area contributed by atoms with Crippen LogP contribution in [0.3, 0.4) is 0 Å². The number of benzene rings is 3. The second kappa shape index (κ2) is 14.3. The van der Waals surface area contributed by atoms with Gasteiger partial charge in [-0.1, -0.05) is 35.9 Å².